The molecule has 1 aromatic heterocycles. The van der Waals surface area contributed by atoms with Crippen LogP contribution in [0, 0.1) is 20.8 Å². The van der Waals surface area contributed by atoms with Gasteiger partial charge < -0.3 is 10.2 Å². The van der Waals surface area contributed by atoms with Crippen molar-refractivity contribution in [2.24, 2.45) is 0 Å². The van der Waals surface area contributed by atoms with Crippen LogP contribution < -0.4 is 10.2 Å². The van der Waals surface area contributed by atoms with Gasteiger partial charge in [0.25, 0.3) is 5.91 Å². The van der Waals surface area contributed by atoms with Gasteiger partial charge in [-0.3, -0.25) is 14.3 Å². The van der Waals surface area contributed by atoms with Crippen LogP contribution in [0.1, 0.15) is 33.7 Å². The fraction of sp³-hybridized carbons (Fsp3) is 0.312. The number of nitrogens with zero attached hydrogens (tertiary/aromatic N) is 4. The topological polar surface area (TPSA) is 53.4 Å². The average molecular weight is 615 g/mol. The maximum absolute atomic E-state index is 13.2. The van der Waals surface area contributed by atoms with Gasteiger partial charge in [-0.1, -0.05) is 54.1 Å². The second kappa shape index (κ2) is 14.7. The van der Waals surface area contributed by atoms with Gasteiger partial charge >= 0.3 is 0 Å². The minimum atomic E-state index is -0.142. The van der Waals surface area contributed by atoms with E-state index in [-0.39, 0.29) is 30.7 Å². The molecule has 1 fully saturated rings. The number of carbonyl (C=O) groups excluding carboxylic acids is 1. The van der Waals surface area contributed by atoms with E-state index in [1.54, 1.807) is 0 Å². The summed E-state index contributed by atoms with van der Waals surface area (Å²) < 4.78 is 2.02. The fourth-order valence-electron chi connectivity index (χ4n) is 5.28. The second-order valence-electron chi connectivity index (χ2n) is 10.2. The molecule has 0 radical (unpaired) electrons. The van der Waals surface area contributed by atoms with Gasteiger partial charge in [0.1, 0.15) is 11.5 Å². The molecule has 9 heteroatoms. The van der Waals surface area contributed by atoms with Crippen LogP contribution in [0.15, 0.2) is 72.8 Å². The number of amides is 1. The van der Waals surface area contributed by atoms with E-state index in [0.29, 0.717) is 17.3 Å². The molecule has 218 valence electrons. The third kappa shape index (κ3) is 7.44. The first-order chi connectivity index (χ1) is 18.9. The molecule has 4 aromatic rings. The highest BCUT2D eigenvalue weighted by Gasteiger charge is 2.22. The van der Waals surface area contributed by atoms with E-state index in [2.05, 4.69) is 47.2 Å². The molecule has 1 amide bonds. The Hall–Kier alpha value is -3.03. The molecule has 0 saturated carbocycles. The van der Waals surface area contributed by atoms with Crippen LogP contribution in [0.2, 0.25) is 5.02 Å². The number of rotatable bonds is 8. The molecule has 1 N–H and O–H groups in total. The van der Waals surface area contributed by atoms with Gasteiger partial charge in [-0.15, -0.1) is 24.8 Å². The highest BCUT2D eigenvalue weighted by Crippen LogP contribution is 2.27. The van der Waals surface area contributed by atoms with Crippen molar-refractivity contribution >= 4 is 48.0 Å². The van der Waals surface area contributed by atoms with Crippen molar-refractivity contribution in [2.75, 3.05) is 44.2 Å². The van der Waals surface area contributed by atoms with Gasteiger partial charge in [0.2, 0.25) is 0 Å². The Labute approximate surface area is 260 Å². The van der Waals surface area contributed by atoms with Crippen LogP contribution >= 0.6 is 36.4 Å². The van der Waals surface area contributed by atoms with E-state index in [1.165, 1.54) is 16.8 Å². The monoisotopic (exact) mass is 613 g/mol. The van der Waals surface area contributed by atoms with E-state index >= 15 is 0 Å². The van der Waals surface area contributed by atoms with Gasteiger partial charge in [0, 0.05) is 54.7 Å². The molecular weight excluding hydrogens is 577 g/mol. The zero-order valence-corrected chi connectivity index (χ0v) is 26.2. The number of benzene rings is 3. The summed E-state index contributed by atoms with van der Waals surface area (Å²) in [4.78, 5) is 23.0. The molecule has 6 nitrogen and oxygen atoms in total. The maximum Gasteiger partial charge on any atom is 0.271 e. The Bertz CT molecular complexity index is 1430. The number of aromatic nitrogens is 2. The molecule has 2 heterocycles. The third-order valence-electron chi connectivity index (χ3n) is 7.67. The number of halogens is 3. The fourth-order valence-corrected chi connectivity index (χ4v) is 5.41. The number of hydrogen-bond donors (Lipinski definition) is 1. The lowest BCUT2D eigenvalue weighted by Gasteiger charge is -2.37. The summed E-state index contributed by atoms with van der Waals surface area (Å²) in [6.45, 7) is 12.0. The SMILES string of the molecule is Cc1cccc(N2CCN(CCCNC(=O)c3nc(-c4ccccc4)n(-c4ccc(Cl)cc4)c3C)CC2)c1C.Cl.Cl. The standard InChI is InChI=1S/C32H36ClN5O.2ClH/c1-23-9-7-12-29(24(23)2)37-21-19-36(20-22-37)18-8-17-34-32(39)30-25(3)38(28-15-13-27(33)14-16-28)31(35-30)26-10-5-4-6-11-26;;/h4-7,9-16H,8,17-22H2,1-3H3,(H,34,39);2*1H. The van der Waals surface area contributed by atoms with Crippen LogP contribution in [0.5, 0.6) is 0 Å². The van der Waals surface area contributed by atoms with E-state index in [0.717, 1.165) is 61.9 Å². The Morgan fingerprint density at radius 1 is 0.878 bits per heavy atom. The van der Waals surface area contributed by atoms with Gasteiger partial charge in [-0.05, 0) is 75.2 Å². The quantitative estimate of drug-likeness (QED) is 0.219. The van der Waals surface area contributed by atoms with Gasteiger partial charge in [0.05, 0.1) is 5.69 Å². The molecular formula is C32H38Cl3N5O. The highest BCUT2D eigenvalue weighted by atomic mass is 35.5. The molecule has 1 aliphatic rings. The van der Waals surface area contributed by atoms with E-state index < -0.39 is 0 Å². The van der Waals surface area contributed by atoms with Crippen LogP contribution in [0.25, 0.3) is 17.1 Å². The lowest BCUT2D eigenvalue weighted by molar-refractivity contribution is 0.0946. The first-order valence-electron chi connectivity index (χ1n) is 13.6. The van der Waals surface area contributed by atoms with Crippen molar-refractivity contribution in [3.8, 4) is 17.1 Å². The summed E-state index contributed by atoms with van der Waals surface area (Å²) in [5, 5.41) is 3.78. The summed E-state index contributed by atoms with van der Waals surface area (Å²) >= 11 is 6.13. The lowest BCUT2D eigenvalue weighted by atomic mass is 10.1. The van der Waals surface area contributed by atoms with Crippen molar-refractivity contribution in [1.82, 2.24) is 19.8 Å². The largest absolute Gasteiger partial charge is 0.369 e. The summed E-state index contributed by atoms with van der Waals surface area (Å²) in [5.41, 5.74) is 7.19. The average Bonchev–Trinajstić information content (AvgIpc) is 3.31. The Kier molecular flexibility index (Phi) is 11.7. The summed E-state index contributed by atoms with van der Waals surface area (Å²) in [6, 6.07) is 24.1. The number of piperazine rings is 1. The summed E-state index contributed by atoms with van der Waals surface area (Å²) in [6.07, 6.45) is 0.900. The Morgan fingerprint density at radius 2 is 1.56 bits per heavy atom. The van der Waals surface area contributed by atoms with Gasteiger partial charge in [0.15, 0.2) is 0 Å². The molecule has 0 unspecified atom stereocenters. The van der Waals surface area contributed by atoms with Gasteiger partial charge in [-0.25, -0.2) is 4.98 Å². The van der Waals surface area contributed by atoms with E-state index in [9.17, 15) is 4.79 Å². The predicted molar refractivity (Wildman–Crippen MR) is 175 cm³/mol. The smallest absolute Gasteiger partial charge is 0.271 e. The van der Waals surface area contributed by atoms with E-state index in [4.69, 9.17) is 16.6 Å². The number of hydrogen-bond acceptors (Lipinski definition) is 4. The molecule has 1 aliphatic heterocycles. The Balaban J connectivity index is 0.00000231. The zero-order valence-electron chi connectivity index (χ0n) is 23.8. The second-order valence-corrected chi connectivity index (χ2v) is 10.6. The van der Waals surface area contributed by atoms with Crippen molar-refractivity contribution in [3.05, 3.63) is 100 Å². The van der Waals surface area contributed by atoms with Crippen molar-refractivity contribution in [3.63, 3.8) is 0 Å². The molecule has 0 aliphatic carbocycles. The summed E-state index contributed by atoms with van der Waals surface area (Å²) in [7, 11) is 0. The number of imidazole rings is 1. The van der Waals surface area contributed by atoms with Crippen molar-refractivity contribution in [2.45, 2.75) is 27.2 Å². The van der Waals surface area contributed by atoms with E-state index in [1.807, 2.05) is 66.1 Å². The molecule has 5 rings (SSSR count). The molecule has 1 saturated heterocycles. The minimum Gasteiger partial charge on any atom is -0.369 e. The summed E-state index contributed by atoms with van der Waals surface area (Å²) in [5.74, 6) is 0.597. The predicted octanol–water partition coefficient (Wildman–Crippen LogP) is 6.90. The molecule has 0 spiro atoms. The number of anilines is 1. The zero-order chi connectivity index (χ0) is 27.4. The number of aryl methyl sites for hydroxylation is 1. The molecule has 0 bridgehead atoms. The maximum atomic E-state index is 13.2. The number of nitrogens with one attached hydrogen (secondary N) is 1. The Morgan fingerprint density at radius 3 is 2.24 bits per heavy atom. The van der Waals surface area contributed by atoms with Gasteiger partial charge in [-0.2, -0.15) is 0 Å². The van der Waals surface area contributed by atoms with Crippen molar-refractivity contribution in [1.29, 1.82) is 0 Å². The van der Waals surface area contributed by atoms with Crippen molar-refractivity contribution < 1.29 is 4.79 Å². The molecule has 41 heavy (non-hydrogen) atoms. The first kappa shape index (κ1) is 32.5. The molecule has 0 atom stereocenters. The lowest BCUT2D eigenvalue weighted by Crippen LogP contribution is -2.47. The highest BCUT2D eigenvalue weighted by molar-refractivity contribution is 6.30. The van der Waals surface area contributed by atoms with Crippen LogP contribution in [-0.2, 0) is 0 Å². The van der Waals surface area contributed by atoms with Crippen LogP contribution in [0.3, 0.4) is 0 Å². The van der Waals surface area contributed by atoms with Crippen LogP contribution in [-0.4, -0.2) is 59.6 Å². The van der Waals surface area contributed by atoms with Crippen LogP contribution in [0.4, 0.5) is 5.69 Å². The first-order valence-corrected chi connectivity index (χ1v) is 14.0. The minimum absolute atomic E-state index is 0. The normalized spacial score (nSPS) is 13.3. The number of carbonyl (C=O) groups is 1. The molecule has 3 aromatic carbocycles. The third-order valence-corrected chi connectivity index (χ3v) is 7.92.